The largest absolute Gasteiger partial charge is 0.358 e. The van der Waals surface area contributed by atoms with Crippen molar-refractivity contribution in [1.29, 1.82) is 0 Å². The quantitative estimate of drug-likeness (QED) is 0.869. The smallest absolute Gasteiger partial charge is 0.112 e. The van der Waals surface area contributed by atoms with Crippen molar-refractivity contribution in [3.8, 4) is 0 Å². The topological polar surface area (TPSA) is 20.2 Å². The maximum absolute atomic E-state index is 3.72. The molecule has 1 unspecified atom stereocenters. The van der Waals surface area contributed by atoms with Crippen molar-refractivity contribution in [3.63, 3.8) is 0 Å². The van der Waals surface area contributed by atoms with Crippen molar-refractivity contribution in [1.82, 2.24) is 9.88 Å². The number of rotatable bonds is 1. The van der Waals surface area contributed by atoms with Gasteiger partial charge in [0, 0.05) is 42.1 Å². The normalized spacial score (nSPS) is 27.8. The minimum atomic E-state index is 0.172. The molecule has 6 rings (SSSR count). The lowest BCUT2D eigenvalue weighted by Gasteiger charge is -2.41. The lowest BCUT2D eigenvalue weighted by molar-refractivity contribution is 0.435. The molecule has 3 nitrogen and oxygen atoms in total. The molecule has 1 N–H and O–H groups in total. The Hall–Kier alpha value is -1.48. The first-order chi connectivity index (χ1) is 10.7. The van der Waals surface area contributed by atoms with Crippen LogP contribution in [0.2, 0.25) is 0 Å². The van der Waals surface area contributed by atoms with Crippen molar-refractivity contribution in [2.24, 2.45) is 7.05 Å². The highest BCUT2D eigenvalue weighted by molar-refractivity contribution is 5.92. The van der Waals surface area contributed by atoms with Crippen LogP contribution in [0, 0.1) is 0 Å². The molecule has 0 saturated carbocycles. The van der Waals surface area contributed by atoms with E-state index in [9.17, 15) is 0 Å². The van der Waals surface area contributed by atoms with Crippen molar-refractivity contribution in [2.75, 3.05) is 24.5 Å². The number of hydrogen-bond donors (Lipinski definition) is 1. The first-order valence-corrected chi connectivity index (χ1v) is 8.80. The summed E-state index contributed by atoms with van der Waals surface area (Å²) < 4.78 is 2.43. The van der Waals surface area contributed by atoms with Crippen LogP contribution < -0.4 is 10.2 Å². The minimum absolute atomic E-state index is 0.172. The maximum Gasteiger partial charge on any atom is 0.112 e. The van der Waals surface area contributed by atoms with Crippen LogP contribution in [0.15, 0.2) is 18.2 Å². The van der Waals surface area contributed by atoms with Gasteiger partial charge < -0.3 is 14.8 Å². The van der Waals surface area contributed by atoms with Crippen LogP contribution in [0.1, 0.15) is 49.7 Å². The lowest BCUT2D eigenvalue weighted by atomic mass is 9.83. The van der Waals surface area contributed by atoms with Gasteiger partial charge in [0.15, 0.2) is 0 Å². The molecule has 1 atom stereocenters. The van der Waals surface area contributed by atoms with Gasteiger partial charge in [0.25, 0.3) is 0 Å². The van der Waals surface area contributed by atoms with Gasteiger partial charge in [-0.2, -0.15) is 0 Å². The third kappa shape index (κ3) is 1.55. The Balaban J connectivity index is 1.75. The molecule has 0 spiro atoms. The molecule has 2 saturated heterocycles. The molecule has 1 aromatic carbocycles. The number of hydrogen-bond acceptors (Lipinski definition) is 2. The predicted molar refractivity (Wildman–Crippen MR) is 91.7 cm³/mol. The Labute approximate surface area is 132 Å². The number of aryl methyl sites for hydroxylation is 1. The summed E-state index contributed by atoms with van der Waals surface area (Å²) in [6.45, 7) is 6.01. The van der Waals surface area contributed by atoms with Gasteiger partial charge in [-0.1, -0.05) is 6.07 Å². The van der Waals surface area contributed by atoms with Crippen LogP contribution >= 0.6 is 0 Å². The minimum Gasteiger partial charge on any atom is -0.358 e. The van der Waals surface area contributed by atoms with E-state index >= 15 is 0 Å². The van der Waals surface area contributed by atoms with Crippen LogP contribution in [0.4, 0.5) is 5.82 Å². The Morgan fingerprint density at radius 2 is 2.05 bits per heavy atom. The summed E-state index contributed by atoms with van der Waals surface area (Å²) in [6, 6.07) is 7.20. The second-order valence-electron chi connectivity index (χ2n) is 7.65. The highest BCUT2D eigenvalue weighted by Gasteiger charge is 2.36. The molecule has 3 heteroatoms. The maximum atomic E-state index is 3.72. The van der Waals surface area contributed by atoms with Gasteiger partial charge >= 0.3 is 0 Å². The molecular formula is C19H25N3. The number of piperidine rings is 1. The zero-order valence-corrected chi connectivity index (χ0v) is 13.7. The monoisotopic (exact) mass is 295 g/mol. The van der Waals surface area contributed by atoms with Gasteiger partial charge in [-0.3, -0.25) is 0 Å². The zero-order chi connectivity index (χ0) is 14.9. The van der Waals surface area contributed by atoms with Gasteiger partial charge in [0.2, 0.25) is 0 Å². The predicted octanol–water partition coefficient (Wildman–Crippen LogP) is 3.47. The van der Waals surface area contributed by atoms with E-state index in [4.69, 9.17) is 0 Å². The third-order valence-electron chi connectivity index (χ3n) is 6.42. The summed E-state index contributed by atoms with van der Waals surface area (Å²) in [6.07, 6.45) is 5.22. The van der Waals surface area contributed by atoms with Crippen LogP contribution in [-0.4, -0.2) is 24.2 Å². The van der Waals surface area contributed by atoms with Crippen molar-refractivity contribution in [3.05, 3.63) is 29.3 Å². The van der Waals surface area contributed by atoms with Crippen molar-refractivity contribution < 1.29 is 0 Å². The van der Waals surface area contributed by atoms with E-state index in [0.717, 1.165) is 12.5 Å². The van der Waals surface area contributed by atoms with Gasteiger partial charge in [0.05, 0.1) is 0 Å². The number of anilines is 1. The molecule has 1 aromatic heterocycles. The van der Waals surface area contributed by atoms with E-state index in [1.54, 1.807) is 5.56 Å². The number of nitrogens with one attached hydrogen (secondary N) is 1. The average molecular weight is 295 g/mol. The first kappa shape index (κ1) is 13.0. The van der Waals surface area contributed by atoms with E-state index < -0.39 is 0 Å². The fourth-order valence-corrected chi connectivity index (χ4v) is 5.11. The molecule has 2 fully saturated rings. The fourth-order valence-electron chi connectivity index (χ4n) is 5.11. The fraction of sp³-hybridized carbons (Fsp3) is 0.579. The zero-order valence-electron chi connectivity index (χ0n) is 13.7. The molecule has 2 bridgehead atoms. The van der Waals surface area contributed by atoms with Gasteiger partial charge in [-0.15, -0.1) is 0 Å². The molecule has 0 radical (unpaired) electrons. The van der Waals surface area contributed by atoms with Crippen LogP contribution in [0.5, 0.6) is 0 Å². The lowest BCUT2D eigenvalue weighted by Crippen LogP contribution is -2.39. The van der Waals surface area contributed by atoms with Crippen LogP contribution in [0.3, 0.4) is 0 Å². The summed E-state index contributed by atoms with van der Waals surface area (Å²) >= 11 is 0. The first-order valence-electron chi connectivity index (χ1n) is 8.80. The van der Waals surface area contributed by atoms with Crippen LogP contribution in [-0.2, 0) is 12.6 Å². The van der Waals surface area contributed by atoms with E-state index in [2.05, 4.69) is 47.0 Å². The molecule has 22 heavy (non-hydrogen) atoms. The molecule has 0 aliphatic carbocycles. The van der Waals surface area contributed by atoms with Crippen LogP contribution in [0.25, 0.3) is 10.9 Å². The SMILES string of the molecule is Cn1c2c(c3cc(C4(C)CCCN4)ccc31)C1CCN2CC1. The van der Waals surface area contributed by atoms with E-state index in [0.29, 0.717) is 0 Å². The van der Waals surface area contributed by atoms with E-state index in [1.165, 1.54) is 61.1 Å². The standard InChI is InChI=1S/C19H25N3/c1-19(8-3-9-20-19)14-4-5-16-15(12-14)17-13-6-10-22(11-7-13)18(17)21(16)2/h4-5,12-13,20H,3,6-11H2,1-2H3. The molecule has 116 valence electrons. The average Bonchev–Trinajstić information content (AvgIpc) is 3.13. The highest BCUT2D eigenvalue weighted by atomic mass is 15.3. The summed E-state index contributed by atoms with van der Waals surface area (Å²) in [7, 11) is 2.25. The van der Waals surface area contributed by atoms with E-state index in [1.807, 2.05) is 0 Å². The number of fused-ring (bicyclic) bond motifs is 3. The summed E-state index contributed by atoms with van der Waals surface area (Å²) in [5.41, 5.74) is 4.69. The summed E-state index contributed by atoms with van der Waals surface area (Å²) in [5, 5.41) is 5.23. The van der Waals surface area contributed by atoms with Crippen molar-refractivity contribution in [2.45, 2.75) is 44.1 Å². The molecule has 0 amide bonds. The molecule has 4 aliphatic rings. The summed E-state index contributed by atoms with van der Waals surface area (Å²) in [4.78, 5) is 2.60. The second-order valence-corrected chi connectivity index (χ2v) is 7.65. The number of nitrogens with zero attached hydrogens (tertiary/aromatic N) is 2. The Bertz CT molecular complexity index is 744. The van der Waals surface area contributed by atoms with Crippen molar-refractivity contribution >= 4 is 16.7 Å². The second kappa shape index (κ2) is 4.29. The Morgan fingerprint density at radius 3 is 2.77 bits per heavy atom. The molecule has 4 aliphatic heterocycles. The number of aromatic nitrogens is 1. The van der Waals surface area contributed by atoms with Gasteiger partial charge in [-0.25, -0.2) is 0 Å². The highest BCUT2D eigenvalue weighted by Crippen LogP contribution is 2.48. The Kier molecular flexibility index (Phi) is 2.53. The molecular weight excluding hydrogens is 270 g/mol. The Morgan fingerprint density at radius 1 is 1.23 bits per heavy atom. The third-order valence-corrected chi connectivity index (χ3v) is 6.42. The molecule has 5 heterocycles. The molecule has 2 aromatic rings. The summed E-state index contributed by atoms with van der Waals surface area (Å²) in [5.74, 6) is 2.28. The van der Waals surface area contributed by atoms with Gasteiger partial charge in [-0.05, 0) is 62.8 Å². The van der Waals surface area contributed by atoms with Gasteiger partial charge in [0.1, 0.15) is 5.82 Å². The number of benzene rings is 1. The van der Waals surface area contributed by atoms with E-state index in [-0.39, 0.29) is 5.54 Å².